The van der Waals surface area contributed by atoms with Crippen LogP contribution in [-0.2, 0) is 9.84 Å². The van der Waals surface area contributed by atoms with Crippen LogP contribution in [0.4, 0.5) is 10.1 Å². The van der Waals surface area contributed by atoms with Crippen LogP contribution in [0.1, 0.15) is 13.8 Å². The number of hydrogen-bond donors (Lipinski definition) is 1. The van der Waals surface area contributed by atoms with E-state index in [1.807, 2.05) is 0 Å². The summed E-state index contributed by atoms with van der Waals surface area (Å²) in [5.74, 6) is 0. The van der Waals surface area contributed by atoms with Crippen molar-refractivity contribution in [2.75, 3.05) is 18.1 Å². The number of aromatic nitrogens is 1. The maximum atomic E-state index is 11.4. The zero-order chi connectivity index (χ0) is 13.3. The molecule has 0 aliphatic rings. The molecule has 0 aromatic carbocycles. The van der Waals surface area contributed by atoms with E-state index in [4.69, 9.17) is 0 Å². The van der Waals surface area contributed by atoms with E-state index in [9.17, 15) is 18.5 Å². The van der Waals surface area contributed by atoms with E-state index in [2.05, 4.69) is 10.3 Å². The Bertz CT molecular complexity index is 521. The van der Waals surface area contributed by atoms with Crippen molar-refractivity contribution in [1.82, 2.24) is 4.98 Å². The second kappa shape index (κ2) is 4.57. The first-order valence-corrected chi connectivity index (χ1v) is 7.38. The molecule has 0 bridgehead atoms. The second-order valence-corrected chi connectivity index (χ2v) is 7.80. The summed E-state index contributed by atoms with van der Waals surface area (Å²) < 4.78 is 21.9. The van der Waals surface area contributed by atoms with Crippen LogP contribution in [0.15, 0.2) is 6.20 Å². The number of thiazole rings is 1. The van der Waals surface area contributed by atoms with Crippen LogP contribution in [0.3, 0.4) is 0 Å². The molecule has 0 aliphatic carbocycles. The first kappa shape index (κ1) is 13.8. The quantitative estimate of drug-likeness (QED) is 0.643. The maximum absolute atomic E-state index is 11.4. The summed E-state index contributed by atoms with van der Waals surface area (Å²) in [5, 5.41) is 13.5. The average molecular weight is 279 g/mol. The van der Waals surface area contributed by atoms with Crippen molar-refractivity contribution in [1.29, 1.82) is 0 Å². The maximum Gasteiger partial charge on any atom is 0.345 e. The van der Waals surface area contributed by atoms with Gasteiger partial charge in [0.05, 0.1) is 9.67 Å². The number of anilines is 1. The second-order valence-electron chi connectivity index (χ2n) is 4.15. The van der Waals surface area contributed by atoms with Crippen molar-refractivity contribution in [2.24, 2.45) is 0 Å². The summed E-state index contributed by atoms with van der Waals surface area (Å²) in [7, 11) is -3.20. The standard InChI is InChI=1S/C8H13N3O4S2/c1-8(2,17(3,14)15)5-10-7-9-4-6(16-7)11(12)13/h4H,5H2,1-3H3,(H,9,10). The molecular weight excluding hydrogens is 266 g/mol. The van der Waals surface area contributed by atoms with Gasteiger partial charge in [0.1, 0.15) is 6.20 Å². The Hall–Kier alpha value is -1.22. The minimum Gasteiger partial charge on any atom is -0.360 e. The van der Waals surface area contributed by atoms with Crippen LogP contribution in [0.2, 0.25) is 0 Å². The molecule has 17 heavy (non-hydrogen) atoms. The van der Waals surface area contributed by atoms with Gasteiger partial charge in [-0.3, -0.25) is 10.1 Å². The van der Waals surface area contributed by atoms with Gasteiger partial charge >= 0.3 is 5.00 Å². The molecule has 1 rings (SSSR count). The van der Waals surface area contributed by atoms with E-state index in [1.54, 1.807) is 13.8 Å². The van der Waals surface area contributed by atoms with Crippen LogP contribution in [0.25, 0.3) is 0 Å². The van der Waals surface area contributed by atoms with Gasteiger partial charge in [-0.25, -0.2) is 13.4 Å². The van der Waals surface area contributed by atoms with E-state index >= 15 is 0 Å². The molecule has 9 heteroatoms. The van der Waals surface area contributed by atoms with Gasteiger partial charge in [0.2, 0.25) is 0 Å². The van der Waals surface area contributed by atoms with Crippen molar-refractivity contribution < 1.29 is 13.3 Å². The van der Waals surface area contributed by atoms with Crippen molar-refractivity contribution >= 4 is 31.3 Å². The lowest BCUT2D eigenvalue weighted by Gasteiger charge is -2.22. The molecule has 0 fully saturated rings. The Morgan fingerprint density at radius 1 is 1.59 bits per heavy atom. The van der Waals surface area contributed by atoms with Crippen LogP contribution in [-0.4, -0.2) is 35.9 Å². The van der Waals surface area contributed by atoms with Gasteiger partial charge in [0, 0.05) is 12.8 Å². The molecule has 0 aliphatic heterocycles. The lowest BCUT2D eigenvalue weighted by atomic mass is 10.2. The summed E-state index contributed by atoms with van der Waals surface area (Å²) in [4.78, 5) is 13.7. The summed E-state index contributed by atoms with van der Waals surface area (Å²) in [5.41, 5.74) is 0. The molecule has 0 spiro atoms. The Balaban J connectivity index is 2.71. The molecule has 0 atom stereocenters. The first-order chi connectivity index (χ1) is 7.63. The van der Waals surface area contributed by atoms with Crippen molar-refractivity contribution in [3.8, 4) is 0 Å². The van der Waals surface area contributed by atoms with Crippen molar-refractivity contribution in [2.45, 2.75) is 18.6 Å². The molecule has 1 N–H and O–H groups in total. The fourth-order valence-corrected chi connectivity index (χ4v) is 1.81. The monoisotopic (exact) mass is 279 g/mol. The number of rotatable bonds is 5. The Kier molecular flexibility index (Phi) is 3.72. The van der Waals surface area contributed by atoms with Crippen LogP contribution >= 0.6 is 11.3 Å². The van der Waals surface area contributed by atoms with Gasteiger partial charge in [0.15, 0.2) is 15.0 Å². The highest BCUT2D eigenvalue weighted by Gasteiger charge is 2.30. The minimum atomic E-state index is -3.20. The molecule has 0 radical (unpaired) electrons. The molecule has 96 valence electrons. The SMILES string of the molecule is CC(C)(CNc1ncc([N+](=O)[O-])s1)S(C)(=O)=O. The van der Waals surface area contributed by atoms with Gasteiger partial charge < -0.3 is 5.32 Å². The third-order valence-corrected chi connectivity index (χ3v) is 5.40. The van der Waals surface area contributed by atoms with E-state index in [1.165, 1.54) is 0 Å². The third kappa shape index (κ3) is 3.37. The topological polar surface area (TPSA) is 102 Å². The fraction of sp³-hybridized carbons (Fsp3) is 0.625. The molecule has 0 unspecified atom stereocenters. The first-order valence-electron chi connectivity index (χ1n) is 4.67. The van der Waals surface area contributed by atoms with Crippen molar-refractivity contribution in [3.05, 3.63) is 16.3 Å². The van der Waals surface area contributed by atoms with Crippen LogP contribution in [0.5, 0.6) is 0 Å². The van der Waals surface area contributed by atoms with Gasteiger partial charge in [-0.1, -0.05) is 0 Å². The van der Waals surface area contributed by atoms with Gasteiger partial charge in [-0.05, 0) is 25.2 Å². The van der Waals surface area contributed by atoms with Crippen LogP contribution < -0.4 is 5.32 Å². The smallest absolute Gasteiger partial charge is 0.345 e. The average Bonchev–Trinajstić information content (AvgIpc) is 2.61. The predicted octanol–water partition coefficient (Wildman–Crippen LogP) is 1.29. The predicted molar refractivity (Wildman–Crippen MR) is 66.2 cm³/mol. The number of nitro groups is 1. The summed E-state index contributed by atoms with van der Waals surface area (Å²) in [6.07, 6.45) is 2.29. The summed E-state index contributed by atoms with van der Waals surface area (Å²) in [6.45, 7) is 3.31. The molecular formula is C8H13N3O4S2. The Morgan fingerprint density at radius 3 is 2.59 bits per heavy atom. The zero-order valence-electron chi connectivity index (χ0n) is 9.63. The lowest BCUT2D eigenvalue weighted by Crippen LogP contribution is -2.38. The summed E-state index contributed by atoms with van der Waals surface area (Å²) in [6, 6.07) is 0. The number of nitrogens with one attached hydrogen (secondary N) is 1. The molecule has 1 aromatic heterocycles. The van der Waals surface area contributed by atoms with Crippen LogP contribution in [0, 0.1) is 10.1 Å². The number of hydrogen-bond acceptors (Lipinski definition) is 7. The third-order valence-electron chi connectivity index (χ3n) is 2.34. The zero-order valence-corrected chi connectivity index (χ0v) is 11.3. The Morgan fingerprint density at radius 2 is 2.18 bits per heavy atom. The highest BCUT2D eigenvalue weighted by atomic mass is 32.2. The van der Waals surface area contributed by atoms with E-state index in [0.717, 1.165) is 23.8 Å². The van der Waals surface area contributed by atoms with Crippen molar-refractivity contribution in [3.63, 3.8) is 0 Å². The molecule has 7 nitrogen and oxygen atoms in total. The van der Waals surface area contributed by atoms with Gasteiger partial charge in [0.25, 0.3) is 0 Å². The molecule has 0 amide bonds. The molecule has 1 heterocycles. The molecule has 1 aromatic rings. The van der Waals surface area contributed by atoms with Gasteiger partial charge in [-0.2, -0.15) is 0 Å². The Labute approximate surface area is 103 Å². The molecule has 0 saturated carbocycles. The largest absolute Gasteiger partial charge is 0.360 e. The number of nitrogens with zero attached hydrogens (tertiary/aromatic N) is 2. The normalized spacial score (nSPS) is 12.4. The highest BCUT2D eigenvalue weighted by Crippen LogP contribution is 2.26. The summed E-state index contributed by atoms with van der Waals surface area (Å²) >= 11 is 0.876. The van der Waals surface area contributed by atoms with E-state index in [-0.39, 0.29) is 11.5 Å². The highest BCUT2D eigenvalue weighted by molar-refractivity contribution is 7.92. The fourth-order valence-electron chi connectivity index (χ4n) is 0.851. The van der Waals surface area contributed by atoms with Gasteiger partial charge in [-0.15, -0.1) is 0 Å². The van der Waals surface area contributed by atoms with E-state index in [0.29, 0.717) is 5.13 Å². The molecule has 0 saturated heterocycles. The lowest BCUT2D eigenvalue weighted by molar-refractivity contribution is -0.380. The van der Waals surface area contributed by atoms with E-state index < -0.39 is 19.5 Å². The minimum absolute atomic E-state index is 0.0790. The number of sulfone groups is 1.